The minimum atomic E-state index is -4.83. The summed E-state index contributed by atoms with van der Waals surface area (Å²) < 4.78 is 71.6. The topological polar surface area (TPSA) is 133 Å². The number of hydrogen-bond acceptors (Lipinski definition) is 8. The number of anilines is 1. The second-order valence-electron chi connectivity index (χ2n) is 9.27. The highest BCUT2D eigenvalue weighted by Crippen LogP contribution is 2.43. The molecule has 0 fully saturated rings. The summed E-state index contributed by atoms with van der Waals surface area (Å²) in [4.78, 5) is 34.4. The largest absolute Gasteiger partial charge is 0.433 e. The number of pyridine rings is 1. The van der Waals surface area contributed by atoms with E-state index in [4.69, 9.17) is 5.73 Å². The molecule has 0 unspecified atom stereocenters. The Morgan fingerprint density at radius 1 is 1.12 bits per heavy atom. The van der Waals surface area contributed by atoms with Crippen LogP contribution in [0.15, 0.2) is 41.9 Å². The number of halogens is 5. The number of nitrogens with one attached hydrogen (secondary N) is 1. The van der Waals surface area contributed by atoms with Gasteiger partial charge in [0.1, 0.15) is 15.4 Å². The zero-order valence-electron chi connectivity index (χ0n) is 21.9. The molecule has 0 aliphatic carbocycles. The first kappa shape index (κ1) is 28.4. The van der Waals surface area contributed by atoms with Crippen molar-refractivity contribution in [2.45, 2.75) is 19.5 Å². The van der Waals surface area contributed by atoms with Crippen LogP contribution in [-0.4, -0.2) is 41.2 Å². The number of fused-ring (bicyclic) bond motifs is 2. The average Bonchev–Trinajstić information content (AvgIpc) is 3.74. The Bertz CT molecular complexity index is 2060. The lowest BCUT2D eigenvalue weighted by atomic mass is 10.0. The lowest BCUT2D eigenvalue weighted by Crippen LogP contribution is -2.18. The Morgan fingerprint density at radius 3 is 2.49 bits per heavy atom. The van der Waals surface area contributed by atoms with E-state index in [1.54, 1.807) is 31.5 Å². The fraction of sp³-hybridized carbons (Fsp3) is 0.154. The molecule has 220 valence electrons. The van der Waals surface area contributed by atoms with E-state index in [0.717, 1.165) is 18.2 Å². The van der Waals surface area contributed by atoms with Gasteiger partial charge in [0.15, 0.2) is 17.0 Å². The molecule has 17 heteroatoms. The van der Waals surface area contributed by atoms with E-state index in [-0.39, 0.29) is 37.7 Å². The number of aromatic nitrogens is 6. The number of hydrogen-bond donors (Lipinski definition) is 2. The lowest BCUT2D eigenvalue weighted by molar-refractivity contribution is -0.142. The molecule has 2 amide bonds. The van der Waals surface area contributed by atoms with Crippen LogP contribution in [-0.2, 0) is 13.2 Å². The Morgan fingerprint density at radius 2 is 1.88 bits per heavy atom. The van der Waals surface area contributed by atoms with E-state index in [0.29, 0.717) is 32.0 Å². The first-order valence-corrected chi connectivity index (χ1v) is 13.9. The van der Waals surface area contributed by atoms with Gasteiger partial charge in [0, 0.05) is 29.8 Å². The van der Waals surface area contributed by atoms with Crippen molar-refractivity contribution in [1.82, 2.24) is 29.4 Å². The molecule has 10 nitrogen and oxygen atoms in total. The number of thiophene rings is 2. The zero-order chi connectivity index (χ0) is 30.8. The van der Waals surface area contributed by atoms with Crippen molar-refractivity contribution in [3.8, 4) is 21.7 Å². The third-order valence-corrected chi connectivity index (χ3v) is 8.61. The van der Waals surface area contributed by atoms with Crippen LogP contribution < -0.4 is 11.1 Å². The number of nitrogens with zero attached hydrogens (tertiary/aromatic N) is 6. The Balaban J connectivity index is 1.51. The molecular formula is C26H17F5N8O2S2. The molecule has 0 spiro atoms. The molecule has 3 N–H and O–H groups in total. The van der Waals surface area contributed by atoms with Gasteiger partial charge in [-0.25, -0.2) is 23.3 Å². The maximum Gasteiger partial charge on any atom is 0.433 e. The molecule has 0 radical (unpaired) electrons. The Kier molecular flexibility index (Phi) is 6.72. The van der Waals surface area contributed by atoms with Gasteiger partial charge in [0.25, 0.3) is 18.2 Å². The molecule has 6 aromatic rings. The molecule has 0 saturated heterocycles. The van der Waals surface area contributed by atoms with Crippen LogP contribution in [0.2, 0.25) is 0 Å². The van der Waals surface area contributed by atoms with E-state index in [1.807, 2.05) is 0 Å². The minimum absolute atomic E-state index is 0.0169. The highest BCUT2D eigenvalue weighted by molar-refractivity contribution is 7.21. The highest BCUT2D eigenvalue weighted by Gasteiger charge is 2.36. The van der Waals surface area contributed by atoms with E-state index in [9.17, 15) is 31.5 Å². The van der Waals surface area contributed by atoms with Gasteiger partial charge in [0.05, 0.1) is 22.5 Å². The van der Waals surface area contributed by atoms with Crippen molar-refractivity contribution in [1.29, 1.82) is 0 Å². The second kappa shape index (κ2) is 10.2. The first-order valence-electron chi connectivity index (χ1n) is 12.2. The van der Waals surface area contributed by atoms with Crippen molar-refractivity contribution < 1.29 is 31.5 Å². The number of primary amides is 1. The molecule has 6 rings (SSSR count). The number of carbonyl (C=O) groups is 2. The van der Waals surface area contributed by atoms with Crippen LogP contribution in [0, 0.1) is 6.92 Å². The summed E-state index contributed by atoms with van der Waals surface area (Å²) in [7, 11) is 1.65. The van der Waals surface area contributed by atoms with Crippen molar-refractivity contribution in [2.24, 2.45) is 12.8 Å². The van der Waals surface area contributed by atoms with Gasteiger partial charge in [-0.05, 0) is 36.1 Å². The lowest BCUT2D eigenvalue weighted by Gasteiger charge is -2.10. The number of aryl methyl sites for hydroxylation is 1. The standard InChI is InChI=1S/C26H17F5N8O2S2/c1-10-12(9-33-38(10)2)11-6-14(22(27)28)35-25-19(11)20(21(43-25)23(32)40)36-24(41)15-8-18-34-13(16-4-3-5-42-16)7-17(26(29,30)31)39(18)37-15/h3-9,22H,1-2H3,(H2,32,40)(H,36,41). The fourth-order valence-electron chi connectivity index (χ4n) is 4.51. The third-order valence-electron chi connectivity index (χ3n) is 6.62. The van der Waals surface area contributed by atoms with Gasteiger partial charge in [0.2, 0.25) is 0 Å². The van der Waals surface area contributed by atoms with Crippen molar-refractivity contribution in [3.05, 3.63) is 69.6 Å². The van der Waals surface area contributed by atoms with Gasteiger partial charge in [-0.15, -0.1) is 22.7 Å². The van der Waals surface area contributed by atoms with E-state index in [1.165, 1.54) is 22.2 Å². The summed E-state index contributed by atoms with van der Waals surface area (Å²) in [5.74, 6) is -1.98. The number of alkyl halides is 5. The van der Waals surface area contributed by atoms with E-state index < -0.39 is 41.5 Å². The highest BCUT2D eigenvalue weighted by atomic mass is 32.1. The van der Waals surface area contributed by atoms with Gasteiger partial charge >= 0.3 is 6.18 Å². The van der Waals surface area contributed by atoms with Crippen molar-refractivity contribution >= 4 is 56.0 Å². The van der Waals surface area contributed by atoms with Crippen LogP contribution in [0.5, 0.6) is 0 Å². The molecule has 43 heavy (non-hydrogen) atoms. The summed E-state index contributed by atoms with van der Waals surface area (Å²) in [6.45, 7) is 1.70. The van der Waals surface area contributed by atoms with E-state index in [2.05, 4.69) is 25.5 Å². The molecule has 6 heterocycles. The first-order chi connectivity index (χ1) is 20.3. The molecule has 0 atom stereocenters. The van der Waals surface area contributed by atoms with Crippen LogP contribution in [0.4, 0.5) is 27.6 Å². The zero-order valence-corrected chi connectivity index (χ0v) is 23.5. The third kappa shape index (κ3) is 4.89. The smallest absolute Gasteiger partial charge is 0.365 e. The maximum absolute atomic E-state index is 14.0. The Labute approximate surface area is 245 Å². The maximum atomic E-state index is 14.0. The summed E-state index contributed by atoms with van der Waals surface area (Å²) in [6.07, 6.45) is -6.35. The fourth-order valence-corrected chi connectivity index (χ4v) is 6.21. The summed E-state index contributed by atoms with van der Waals surface area (Å²) in [5, 5.41) is 12.3. The molecule has 0 aliphatic rings. The quantitative estimate of drug-likeness (QED) is 0.214. The molecule has 0 aliphatic heterocycles. The Hall–Kier alpha value is -4.77. The minimum Gasteiger partial charge on any atom is -0.365 e. The number of rotatable bonds is 6. The predicted molar refractivity (Wildman–Crippen MR) is 149 cm³/mol. The molecule has 6 aromatic heterocycles. The monoisotopic (exact) mass is 632 g/mol. The van der Waals surface area contributed by atoms with Gasteiger partial charge in [-0.1, -0.05) is 6.07 Å². The summed E-state index contributed by atoms with van der Waals surface area (Å²) >= 11 is 1.88. The average molecular weight is 633 g/mol. The van der Waals surface area contributed by atoms with Gasteiger partial charge in [-0.3, -0.25) is 14.3 Å². The van der Waals surface area contributed by atoms with Crippen molar-refractivity contribution in [2.75, 3.05) is 5.32 Å². The molecule has 0 aromatic carbocycles. The van der Waals surface area contributed by atoms with Crippen LogP contribution in [0.1, 0.15) is 43.7 Å². The summed E-state index contributed by atoms with van der Waals surface area (Å²) in [6, 6.07) is 6.30. The molecule has 0 saturated carbocycles. The number of carbonyl (C=O) groups excluding carboxylic acids is 2. The SMILES string of the molecule is Cc1c(-c2cc(C(F)F)nc3sc(C(N)=O)c(NC(=O)c4cc5nc(-c6cccs6)cc(C(F)(F)F)n5n4)c23)cnn1C. The second-order valence-corrected chi connectivity index (χ2v) is 11.2. The van der Waals surface area contributed by atoms with Crippen LogP contribution in [0.25, 0.3) is 37.6 Å². The number of amides is 2. The van der Waals surface area contributed by atoms with Crippen molar-refractivity contribution in [3.63, 3.8) is 0 Å². The van der Waals surface area contributed by atoms with Gasteiger partial charge < -0.3 is 11.1 Å². The normalized spacial score (nSPS) is 12.1. The molecular weight excluding hydrogens is 615 g/mol. The molecule has 0 bridgehead atoms. The number of nitrogens with two attached hydrogens (primary N) is 1. The van der Waals surface area contributed by atoms with Gasteiger partial charge in [-0.2, -0.15) is 23.4 Å². The van der Waals surface area contributed by atoms with Crippen LogP contribution >= 0.6 is 22.7 Å². The van der Waals surface area contributed by atoms with E-state index >= 15 is 0 Å². The summed E-state index contributed by atoms with van der Waals surface area (Å²) in [5.41, 5.74) is 4.25. The predicted octanol–water partition coefficient (Wildman–Crippen LogP) is 6.08. The van der Waals surface area contributed by atoms with Crippen LogP contribution in [0.3, 0.4) is 0 Å².